The molecule has 0 radical (unpaired) electrons. The Kier molecular flexibility index (Phi) is 4.07. The third-order valence-electron chi connectivity index (χ3n) is 3.99. The Bertz CT molecular complexity index is 1010. The number of carbonyl (C=O) groups is 1. The first-order chi connectivity index (χ1) is 12.1. The van der Waals surface area contributed by atoms with Crippen molar-refractivity contribution < 1.29 is 4.79 Å². The molecule has 1 aliphatic heterocycles. The predicted octanol–water partition coefficient (Wildman–Crippen LogP) is 3.82. The Hall–Kier alpha value is -2.57. The van der Waals surface area contributed by atoms with Crippen LogP contribution in [0.3, 0.4) is 0 Å². The molecule has 3 aromatic rings. The average Bonchev–Trinajstić information content (AvgIpc) is 2.90. The Balaban J connectivity index is 1.84. The highest BCUT2D eigenvalue weighted by atomic mass is 35.5. The van der Waals surface area contributed by atoms with Crippen LogP contribution in [0, 0.1) is 0 Å². The van der Waals surface area contributed by atoms with Crippen molar-refractivity contribution in [2.24, 2.45) is 5.10 Å². The number of anilines is 1. The molecule has 25 heavy (non-hydrogen) atoms. The van der Waals surface area contributed by atoms with Crippen molar-refractivity contribution >= 4 is 51.4 Å². The summed E-state index contributed by atoms with van der Waals surface area (Å²) in [6, 6.07) is 9.01. The summed E-state index contributed by atoms with van der Waals surface area (Å²) in [5, 5.41) is 9.14. The number of halogens is 2. The lowest BCUT2D eigenvalue weighted by Gasteiger charge is -2.07. The van der Waals surface area contributed by atoms with E-state index in [9.17, 15) is 4.79 Å². The molecule has 0 saturated carbocycles. The quantitative estimate of drug-likeness (QED) is 0.471. The maximum atomic E-state index is 12.4. The summed E-state index contributed by atoms with van der Waals surface area (Å²) in [6.07, 6.45) is 2.18. The van der Waals surface area contributed by atoms with Crippen molar-refractivity contribution in [1.29, 1.82) is 0 Å². The second-order valence-corrected chi connectivity index (χ2v) is 6.38. The zero-order chi connectivity index (χ0) is 17.4. The maximum absolute atomic E-state index is 12.4. The molecule has 2 aromatic heterocycles. The van der Waals surface area contributed by atoms with Crippen LogP contribution in [0.25, 0.3) is 10.9 Å². The van der Waals surface area contributed by atoms with E-state index >= 15 is 0 Å². The number of benzene rings is 1. The van der Waals surface area contributed by atoms with Gasteiger partial charge in [-0.15, -0.1) is 0 Å². The molecule has 4 rings (SSSR count). The van der Waals surface area contributed by atoms with Crippen LogP contribution in [-0.2, 0) is 0 Å². The molecule has 0 spiro atoms. The van der Waals surface area contributed by atoms with Crippen LogP contribution in [0.4, 0.5) is 5.69 Å². The second-order valence-electron chi connectivity index (χ2n) is 5.58. The number of fused-ring (bicyclic) bond motifs is 3. The van der Waals surface area contributed by atoms with E-state index in [-0.39, 0.29) is 5.91 Å². The first-order valence-electron chi connectivity index (χ1n) is 7.66. The topological polar surface area (TPSA) is 82.2 Å². The third kappa shape index (κ3) is 2.94. The molecule has 8 heteroatoms. The third-order valence-corrected chi connectivity index (χ3v) is 4.53. The average molecular weight is 374 g/mol. The van der Waals surface area contributed by atoms with Gasteiger partial charge in [0.05, 0.1) is 11.4 Å². The lowest BCUT2D eigenvalue weighted by molar-refractivity contribution is 0.0952. The Morgan fingerprint density at radius 3 is 2.96 bits per heavy atom. The molecule has 0 aliphatic carbocycles. The van der Waals surface area contributed by atoms with Gasteiger partial charge < -0.3 is 10.3 Å². The van der Waals surface area contributed by atoms with Gasteiger partial charge in [0.15, 0.2) is 5.15 Å². The molecule has 3 heterocycles. The number of hydrazone groups is 1. The van der Waals surface area contributed by atoms with Crippen LogP contribution >= 0.6 is 23.2 Å². The monoisotopic (exact) mass is 373 g/mol. The summed E-state index contributed by atoms with van der Waals surface area (Å²) in [5.74, 6) is -0.160. The molecule has 6 nitrogen and oxygen atoms in total. The fourth-order valence-corrected chi connectivity index (χ4v) is 3.18. The molecule has 3 N–H and O–H groups in total. The van der Waals surface area contributed by atoms with Gasteiger partial charge in [-0.2, -0.15) is 5.10 Å². The number of aromatic nitrogens is 2. The highest BCUT2D eigenvalue weighted by Gasteiger charge is 2.25. The number of nitrogens with zero attached hydrogens (tertiary/aromatic N) is 2. The van der Waals surface area contributed by atoms with Gasteiger partial charge in [-0.25, -0.2) is 4.98 Å². The molecule has 0 saturated heterocycles. The Labute approximate surface area is 153 Å². The van der Waals surface area contributed by atoms with E-state index in [1.807, 2.05) is 12.1 Å². The van der Waals surface area contributed by atoms with Gasteiger partial charge >= 0.3 is 0 Å². The van der Waals surface area contributed by atoms with E-state index in [0.29, 0.717) is 34.5 Å². The fourth-order valence-electron chi connectivity index (χ4n) is 2.85. The SMILES string of the molecule is O=C1NCC/C(=N\Nc2cccnc2Cl)c2c1[nH]c1ccc(Cl)cc21. The zero-order valence-electron chi connectivity index (χ0n) is 12.9. The highest BCUT2D eigenvalue weighted by Crippen LogP contribution is 2.28. The number of pyridine rings is 1. The van der Waals surface area contributed by atoms with Crippen LogP contribution in [-0.4, -0.2) is 28.1 Å². The van der Waals surface area contributed by atoms with Crippen molar-refractivity contribution in [2.45, 2.75) is 6.42 Å². The molecular weight excluding hydrogens is 361 g/mol. The number of aromatic amines is 1. The van der Waals surface area contributed by atoms with E-state index in [0.717, 1.165) is 22.2 Å². The van der Waals surface area contributed by atoms with Crippen LogP contribution < -0.4 is 10.7 Å². The van der Waals surface area contributed by atoms with Crippen molar-refractivity contribution in [1.82, 2.24) is 15.3 Å². The number of rotatable bonds is 2. The highest BCUT2D eigenvalue weighted by molar-refractivity contribution is 6.32. The van der Waals surface area contributed by atoms with E-state index in [1.54, 1.807) is 24.4 Å². The molecule has 0 atom stereocenters. The van der Waals surface area contributed by atoms with E-state index in [4.69, 9.17) is 23.2 Å². The van der Waals surface area contributed by atoms with Gasteiger partial charge in [-0.1, -0.05) is 23.2 Å². The fraction of sp³-hybridized carbons (Fsp3) is 0.118. The van der Waals surface area contributed by atoms with E-state index in [2.05, 4.69) is 25.8 Å². The Morgan fingerprint density at radius 2 is 2.12 bits per heavy atom. The van der Waals surface area contributed by atoms with Crippen molar-refractivity contribution in [3.05, 3.63) is 58.0 Å². The zero-order valence-corrected chi connectivity index (χ0v) is 14.4. The number of amides is 1. The van der Waals surface area contributed by atoms with E-state index in [1.165, 1.54) is 0 Å². The van der Waals surface area contributed by atoms with Crippen LogP contribution in [0.5, 0.6) is 0 Å². The number of nitrogens with one attached hydrogen (secondary N) is 3. The number of hydrogen-bond acceptors (Lipinski definition) is 4. The summed E-state index contributed by atoms with van der Waals surface area (Å²) in [6.45, 7) is 0.491. The van der Waals surface area contributed by atoms with Crippen LogP contribution in [0.1, 0.15) is 22.5 Å². The van der Waals surface area contributed by atoms with Crippen molar-refractivity contribution in [2.75, 3.05) is 12.0 Å². The number of carbonyl (C=O) groups excluding carboxylic acids is 1. The van der Waals surface area contributed by atoms with Crippen LogP contribution in [0.2, 0.25) is 10.2 Å². The summed E-state index contributed by atoms with van der Waals surface area (Å²) in [7, 11) is 0. The lowest BCUT2D eigenvalue weighted by Crippen LogP contribution is -2.23. The summed E-state index contributed by atoms with van der Waals surface area (Å²) in [5.41, 5.74) is 6.34. The normalized spacial score (nSPS) is 15.8. The van der Waals surface area contributed by atoms with Crippen molar-refractivity contribution in [3.63, 3.8) is 0 Å². The standard InChI is InChI=1S/C17H13Cl2N5O/c18-9-3-4-11-10(8-9)14-12(5-7-21-17(25)15(14)22-11)23-24-13-2-1-6-20-16(13)19/h1-4,6,8,22,24H,5,7H2,(H,21,25)/b23-12+. The first kappa shape index (κ1) is 15.9. The Morgan fingerprint density at radius 1 is 1.24 bits per heavy atom. The molecule has 0 fully saturated rings. The molecule has 1 aliphatic rings. The van der Waals surface area contributed by atoms with Crippen LogP contribution in [0.15, 0.2) is 41.6 Å². The molecule has 0 unspecified atom stereocenters. The minimum absolute atomic E-state index is 0.160. The van der Waals surface area contributed by atoms with Gasteiger partial charge in [0, 0.05) is 40.7 Å². The van der Waals surface area contributed by atoms with Gasteiger partial charge in [0.25, 0.3) is 5.91 Å². The first-order valence-corrected chi connectivity index (χ1v) is 8.42. The van der Waals surface area contributed by atoms with Gasteiger partial charge in [-0.3, -0.25) is 10.2 Å². The largest absolute Gasteiger partial charge is 0.350 e. The molecular formula is C17H13Cl2N5O. The molecule has 0 bridgehead atoms. The van der Waals surface area contributed by atoms with Gasteiger partial charge in [0.2, 0.25) is 0 Å². The molecule has 126 valence electrons. The predicted molar refractivity (Wildman–Crippen MR) is 99.7 cm³/mol. The lowest BCUT2D eigenvalue weighted by atomic mass is 10.0. The van der Waals surface area contributed by atoms with Gasteiger partial charge in [-0.05, 0) is 30.3 Å². The van der Waals surface area contributed by atoms with E-state index < -0.39 is 0 Å². The summed E-state index contributed by atoms with van der Waals surface area (Å²) >= 11 is 12.2. The summed E-state index contributed by atoms with van der Waals surface area (Å²) < 4.78 is 0. The molecule has 1 aromatic carbocycles. The second kappa shape index (κ2) is 6.38. The smallest absolute Gasteiger partial charge is 0.268 e. The maximum Gasteiger partial charge on any atom is 0.268 e. The van der Waals surface area contributed by atoms with Gasteiger partial charge in [0.1, 0.15) is 5.69 Å². The number of hydrogen-bond donors (Lipinski definition) is 3. The van der Waals surface area contributed by atoms with Crippen molar-refractivity contribution in [3.8, 4) is 0 Å². The minimum atomic E-state index is -0.160. The number of H-pyrrole nitrogens is 1. The minimum Gasteiger partial charge on any atom is -0.350 e. The summed E-state index contributed by atoms with van der Waals surface area (Å²) in [4.78, 5) is 19.5. The molecule has 1 amide bonds.